The molecule has 10 heteroatoms. The van der Waals surface area contributed by atoms with Crippen LogP contribution >= 0.6 is 11.6 Å². The molecule has 0 atom stereocenters. The molecule has 9 nitrogen and oxygen atoms in total. The number of hydrogen-bond acceptors (Lipinski definition) is 8. The summed E-state index contributed by atoms with van der Waals surface area (Å²) in [5.74, 6) is 0.0836. The largest absolute Gasteiger partial charge is 0.481 e. The predicted molar refractivity (Wildman–Crippen MR) is 100 cm³/mol. The summed E-state index contributed by atoms with van der Waals surface area (Å²) in [4.78, 5) is 35.1. The summed E-state index contributed by atoms with van der Waals surface area (Å²) in [6.07, 6.45) is 0.586. The zero-order chi connectivity index (χ0) is 19.8. The zero-order valence-corrected chi connectivity index (χ0v) is 16.1. The lowest BCUT2D eigenvalue weighted by Crippen LogP contribution is -2.33. The van der Waals surface area contributed by atoms with Crippen molar-refractivity contribution in [2.75, 3.05) is 12.8 Å². The van der Waals surface area contributed by atoms with Crippen LogP contribution in [0.2, 0.25) is 5.15 Å². The average Bonchev–Trinajstić information content (AvgIpc) is 3.00. The molecular weight excluding hydrogens is 372 g/mol. The molecule has 3 rings (SSSR count). The second kappa shape index (κ2) is 6.99. The number of aromatic nitrogens is 5. The van der Waals surface area contributed by atoms with Gasteiger partial charge in [-0.3, -0.25) is 0 Å². The highest BCUT2D eigenvalue weighted by Crippen LogP contribution is 2.28. The maximum absolute atomic E-state index is 12.7. The molecule has 0 aromatic carbocycles. The van der Waals surface area contributed by atoms with Gasteiger partial charge >= 0.3 is 5.97 Å². The van der Waals surface area contributed by atoms with Gasteiger partial charge in [0.2, 0.25) is 17.5 Å². The lowest BCUT2D eigenvalue weighted by Gasteiger charge is -2.20. The van der Waals surface area contributed by atoms with Gasteiger partial charge in [-0.05, 0) is 26.3 Å². The van der Waals surface area contributed by atoms with E-state index in [4.69, 9.17) is 26.9 Å². The summed E-state index contributed by atoms with van der Waals surface area (Å²) in [6.45, 7) is 5.47. The van der Waals surface area contributed by atoms with E-state index in [1.807, 2.05) is 6.92 Å². The number of carbonyl (C=O) groups excluding carboxylic acids is 1. The first-order valence-electron chi connectivity index (χ1n) is 8.22. The minimum Gasteiger partial charge on any atom is -0.481 e. The number of anilines is 1. The van der Waals surface area contributed by atoms with Crippen LogP contribution in [0.5, 0.6) is 5.88 Å². The number of carbonyl (C=O) groups is 1. The fraction of sp³-hybridized carbons (Fsp3) is 0.353. The molecule has 27 heavy (non-hydrogen) atoms. The first-order valence-corrected chi connectivity index (χ1v) is 8.60. The van der Waals surface area contributed by atoms with Gasteiger partial charge in [0.1, 0.15) is 11.2 Å². The van der Waals surface area contributed by atoms with E-state index in [1.54, 1.807) is 32.0 Å². The van der Waals surface area contributed by atoms with Crippen LogP contribution in [0.25, 0.3) is 22.7 Å². The molecule has 2 N–H and O–H groups in total. The number of imidazole rings is 1. The Hall–Kier alpha value is -2.94. The van der Waals surface area contributed by atoms with E-state index in [2.05, 4.69) is 19.9 Å². The molecule has 0 amide bonds. The third-order valence-electron chi connectivity index (χ3n) is 4.22. The predicted octanol–water partition coefficient (Wildman–Crippen LogP) is 2.52. The first kappa shape index (κ1) is 18.8. The highest BCUT2D eigenvalue weighted by Gasteiger charge is 2.31. The fourth-order valence-electron chi connectivity index (χ4n) is 2.17. The molecule has 0 fully saturated rings. The van der Waals surface area contributed by atoms with Gasteiger partial charge in [-0.15, -0.1) is 4.73 Å². The average molecular weight is 391 g/mol. The van der Waals surface area contributed by atoms with E-state index in [0.717, 1.165) is 0 Å². The maximum atomic E-state index is 12.7. The van der Waals surface area contributed by atoms with E-state index in [1.165, 1.54) is 11.8 Å². The third kappa shape index (κ3) is 3.50. The van der Waals surface area contributed by atoms with Crippen LogP contribution in [-0.4, -0.2) is 37.7 Å². The Kier molecular flexibility index (Phi) is 4.88. The lowest BCUT2D eigenvalue weighted by atomic mass is 9.91. The van der Waals surface area contributed by atoms with E-state index in [0.29, 0.717) is 18.0 Å². The van der Waals surface area contributed by atoms with Crippen LogP contribution in [0, 0.1) is 5.41 Å². The first-order chi connectivity index (χ1) is 12.8. The van der Waals surface area contributed by atoms with Crippen molar-refractivity contribution >= 4 is 34.7 Å². The number of nitrogens with zero attached hydrogens (tertiary/aromatic N) is 5. The molecular formula is C17H19ClN6O3. The molecule has 142 valence electrons. The van der Waals surface area contributed by atoms with Gasteiger partial charge in [0.05, 0.1) is 12.5 Å². The Morgan fingerprint density at radius 3 is 2.67 bits per heavy atom. The number of ether oxygens (including phenoxy) is 1. The number of nitrogen functional groups attached to an aromatic ring is 1. The van der Waals surface area contributed by atoms with Crippen molar-refractivity contribution in [3.63, 3.8) is 0 Å². The van der Waals surface area contributed by atoms with Gasteiger partial charge in [-0.25, -0.2) is 14.8 Å². The molecule has 0 bridgehead atoms. The summed E-state index contributed by atoms with van der Waals surface area (Å²) >= 11 is 6.15. The van der Waals surface area contributed by atoms with Crippen molar-refractivity contribution in [3.05, 3.63) is 23.4 Å². The Balaban J connectivity index is 2.23. The summed E-state index contributed by atoms with van der Waals surface area (Å²) in [5.41, 5.74) is 5.82. The Morgan fingerprint density at radius 1 is 1.26 bits per heavy atom. The van der Waals surface area contributed by atoms with E-state index >= 15 is 0 Å². The smallest absolute Gasteiger partial charge is 0.338 e. The van der Waals surface area contributed by atoms with Crippen molar-refractivity contribution in [1.29, 1.82) is 0 Å². The zero-order valence-electron chi connectivity index (χ0n) is 15.4. The molecule has 0 saturated carbocycles. The quantitative estimate of drug-likeness (QED) is 0.660. The van der Waals surface area contributed by atoms with Crippen molar-refractivity contribution in [3.8, 4) is 17.4 Å². The summed E-state index contributed by atoms with van der Waals surface area (Å²) in [6, 6.07) is 5.13. The Morgan fingerprint density at radius 2 is 2.00 bits per heavy atom. The van der Waals surface area contributed by atoms with Crippen LogP contribution < -0.4 is 15.3 Å². The molecule has 0 spiro atoms. The van der Waals surface area contributed by atoms with Crippen molar-refractivity contribution in [2.45, 2.75) is 27.2 Å². The second-order valence-electron chi connectivity index (χ2n) is 6.46. The lowest BCUT2D eigenvalue weighted by molar-refractivity contribution is -0.153. The van der Waals surface area contributed by atoms with Gasteiger partial charge < -0.3 is 15.3 Å². The van der Waals surface area contributed by atoms with Crippen molar-refractivity contribution < 1.29 is 14.4 Å². The minimum absolute atomic E-state index is 0.0474. The molecule has 0 aliphatic heterocycles. The van der Waals surface area contributed by atoms with E-state index < -0.39 is 11.4 Å². The van der Waals surface area contributed by atoms with E-state index in [9.17, 15) is 4.79 Å². The number of methoxy groups -OCH3 is 1. The van der Waals surface area contributed by atoms with Crippen LogP contribution in [0.15, 0.2) is 18.2 Å². The second-order valence-corrected chi connectivity index (χ2v) is 6.81. The molecule has 3 heterocycles. The summed E-state index contributed by atoms with van der Waals surface area (Å²) < 4.78 is 6.34. The number of nitrogens with two attached hydrogens (primary N) is 1. The van der Waals surface area contributed by atoms with Crippen molar-refractivity contribution in [2.24, 2.45) is 5.41 Å². The number of fused-ring (bicyclic) bond motifs is 1. The molecule has 3 aromatic rings. The van der Waals surface area contributed by atoms with Gasteiger partial charge in [-0.2, -0.15) is 9.97 Å². The summed E-state index contributed by atoms with van der Waals surface area (Å²) in [5, 5.41) is 0.0474. The Labute approximate surface area is 160 Å². The van der Waals surface area contributed by atoms with Gasteiger partial charge in [0.15, 0.2) is 11.0 Å². The maximum Gasteiger partial charge on any atom is 0.338 e. The SMILES string of the molecule is CCC(C)(C)C(=O)On1c(-c2cccc(OC)n2)nc2c(Cl)nc(N)nc21. The van der Waals surface area contributed by atoms with Gasteiger partial charge in [0.25, 0.3) is 0 Å². The molecule has 0 radical (unpaired) electrons. The number of pyridine rings is 1. The fourth-order valence-corrected chi connectivity index (χ4v) is 2.39. The Bertz CT molecular complexity index is 1020. The third-order valence-corrected chi connectivity index (χ3v) is 4.48. The summed E-state index contributed by atoms with van der Waals surface area (Å²) in [7, 11) is 1.50. The normalized spacial score (nSPS) is 11.6. The molecule has 0 aliphatic carbocycles. The number of rotatable bonds is 5. The van der Waals surface area contributed by atoms with Gasteiger partial charge in [0, 0.05) is 6.07 Å². The van der Waals surface area contributed by atoms with E-state index in [-0.39, 0.29) is 28.1 Å². The molecule has 0 aliphatic rings. The monoisotopic (exact) mass is 390 g/mol. The standard InChI is InChI=1S/C17H19ClN6O3/c1-5-17(2,3)15(25)27-24-13(9-7-6-8-10(20-9)26-4)21-11-12(18)22-16(19)23-14(11)24/h6-8H,5H2,1-4H3,(H2,19,22,23). The number of hydrogen-bond donors (Lipinski definition) is 1. The highest BCUT2D eigenvalue weighted by molar-refractivity contribution is 6.33. The number of halogens is 1. The van der Waals surface area contributed by atoms with Gasteiger partial charge in [-0.1, -0.05) is 24.6 Å². The molecule has 0 saturated heterocycles. The van der Waals surface area contributed by atoms with Crippen molar-refractivity contribution in [1.82, 2.24) is 24.7 Å². The highest BCUT2D eigenvalue weighted by atomic mass is 35.5. The van der Waals surface area contributed by atoms with Crippen LogP contribution in [0.3, 0.4) is 0 Å². The van der Waals surface area contributed by atoms with Crippen LogP contribution in [0.1, 0.15) is 27.2 Å². The molecule has 0 unspecified atom stereocenters. The van der Waals surface area contributed by atoms with Crippen LogP contribution in [-0.2, 0) is 4.79 Å². The topological polar surface area (TPSA) is 118 Å². The molecule has 3 aromatic heterocycles. The minimum atomic E-state index is -0.710. The van der Waals surface area contributed by atoms with Crippen LogP contribution in [0.4, 0.5) is 5.95 Å².